The van der Waals surface area contributed by atoms with Crippen LogP contribution < -0.4 is 0 Å². The largest absolute Gasteiger partial charge is 0.496 e. The van der Waals surface area contributed by atoms with Crippen molar-refractivity contribution in [3.63, 3.8) is 0 Å². The van der Waals surface area contributed by atoms with Crippen LogP contribution in [0.1, 0.15) is 12.5 Å². The van der Waals surface area contributed by atoms with Crippen molar-refractivity contribution in [2.75, 3.05) is 14.2 Å². The molecule has 0 radical (unpaired) electrons. The Morgan fingerprint density at radius 3 is 2.36 bits per heavy atom. The lowest BCUT2D eigenvalue weighted by Gasteiger charge is -2.09. The van der Waals surface area contributed by atoms with Crippen LogP contribution in [-0.2, 0) is 9.47 Å². The van der Waals surface area contributed by atoms with E-state index in [-0.39, 0.29) is 6.10 Å². The van der Waals surface area contributed by atoms with Gasteiger partial charge in [0.15, 0.2) is 0 Å². The minimum atomic E-state index is 0.0603. The monoisotopic (exact) mass is 192 g/mol. The Morgan fingerprint density at radius 2 is 1.86 bits per heavy atom. The fraction of sp³-hybridized carbons (Fsp3) is 0.333. The second kappa shape index (κ2) is 5.45. The van der Waals surface area contributed by atoms with Gasteiger partial charge in [-0.05, 0) is 13.0 Å². The maximum Gasteiger partial charge on any atom is 0.124 e. The van der Waals surface area contributed by atoms with Crippen LogP contribution in [0.5, 0.6) is 0 Å². The van der Waals surface area contributed by atoms with Crippen molar-refractivity contribution in [1.82, 2.24) is 0 Å². The molecule has 0 aliphatic rings. The van der Waals surface area contributed by atoms with Crippen LogP contribution in [0, 0.1) is 0 Å². The second-order valence-corrected chi connectivity index (χ2v) is 3.04. The van der Waals surface area contributed by atoms with Crippen LogP contribution >= 0.6 is 0 Å². The van der Waals surface area contributed by atoms with Crippen molar-refractivity contribution in [2.45, 2.75) is 13.0 Å². The van der Waals surface area contributed by atoms with E-state index in [2.05, 4.69) is 0 Å². The Hall–Kier alpha value is -1.28. The molecule has 2 heteroatoms. The minimum absolute atomic E-state index is 0.0603. The van der Waals surface area contributed by atoms with Crippen LogP contribution in [0.25, 0.3) is 5.76 Å². The number of hydrogen-bond acceptors (Lipinski definition) is 2. The van der Waals surface area contributed by atoms with Crippen molar-refractivity contribution in [3.8, 4) is 0 Å². The molecule has 14 heavy (non-hydrogen) atoms. The highest BCUT2D eigenvalue weighted by Crippen LogP contribution is 2.15. The first-order chi connectivity index (χ1) is 6.77. The van der Waals surface area contributed by atoms with Crippen molar-refractivity contribution >= 4 is 5.76 Å². The lowest BCUT2D eigenvalue weighted by atomic mass is 10.1. The van der Waals surface area contributed by atoms with E-state index < -0.39 is 0 Å². The zero-order valence-corrected chi connectivity index (χ0v) is 8.86. The third-order valence-corrected chi connectivity index (χ3v) is 2.04. The van der Waals surface area contributed by atoms with Crippen LogP contribution in [0.15, 0.2) is 36.4 Å². The Morgan fingerprint density at radius 1 is 1.21 bits per heavy atom. The van der Waals surface area contributed by atoms with Crippen LogP contribution in [-0.4, -0.2) is 20.3 Å². The van der Waals surface area contributed by atoms with Crippen LogP contribution in [0.2, 0.25) is 0 Å². The molecule has 0 heterocycles. The molecular weight excluding hydrogens is 176 g/mol. The van der Waals surface area contributed by atoms with E-state index in [1.54, 1.807) is 14.2 Å². The van der Waals surface area contributed by atoms with Gasteiger partial charge in [0.2, 0.25) is 0 Å². The van der Waals surface area contributed by atoms with Gasteiger partial charge in [-0.25, -0.2) is 0 Å². The molecule has 0 aliphatic heterocycles. The first kappa shape index (κ1) is 10.8. The van der Waals surface area contributed by atoms with E-state index >= 15 is 0 Å². The predicted molar refractivity (Wildman–Crippen MR) is 57.9 cm³/mol. The fourth-order valence-electron chi connectivity index (χ4n) is 1.17. The highest BCUT2D eigenvalue weighted by Gasteiger charge is 2.02. The Bertz CT molecular complexity index is 290. The van der Waals surface area contributed by atoms with E-state index in [9.17, 15) is 0 Å². The summed E-state index contributed by atoms with van der Waals surface area (Å²) < 4.78 is 10.4. The normalized spacial score (nSPS) is 13.8. The molecule has 0 bridgehead atoms. The average molecular weight is 192 g/mol. The molecular formula is C12H16O2. The summed E-state index contributed by atoms with van der Waals surface area (Å²) in [6.07, 6.45) is 2.01. The second-order valence-electron chi connectivity index (χ2n) is 3.04. The number of benzene rings is 1. The van der Waals surface area contributed by atoms with Crippen LogP contribution in [0.3, 0.4) is 0 Å². The third-order valence-electron chi connectivity index (χ3n) is 2.04. The number of ether oxygens (including phenoxy) is 2. The van der Waals surface area contributed by atoms with Gasteiger partial charge in [0.05, 0.1) is 13.2 Å². The quantitative estimate of drug-likeness (QED) is 0.683. The number of hydrogen-bond donors (Lipinski definition) is 0. The maximum atomic E-state index is 5.29. The zero-order valence-electron chi connectivity index (χ0n) is 8.86. The van der Waals surface area contributed by atoms with E-state index in [4.69, 9.17) is 9.47 Å². The van der Waals surface area contributed by atoms with Gasteiger partial charge in [-0.1, -0.05) is 30.3 Å². The average Bonchev–Trinajstić information content (AvgIpc) is 2.26. The molecule has 1 aromatic carbocycles. The van der Waals surface area contributed by atoms with Crippen molar-refractivity contribution in [2.24, 2.45) is 0 Å². The third kappa shape index (κ3) is 2.89. The first-order valence-corrected chi connectivity index (χ1v) is 4.62. The van der Waals surface area contributed by atoms with E-state index in [1.165, 1.54) is 0 Å². The van der Waals surface area contributed by atoms with E-state index in [0.29, 0.717) is 0 Å². The standard InChI is InChI=1S/C12H16O2/c1-10(13-2)9-12(14-3)11-7-5-4-6-8-11/h4-10H,1-3H3. The van der Waals surface area contributed by atoms with Gasteiger partial charge in [-0.2, -0.15) is 0 Å². The number of methoxy groups -OCH3 is 2. The molecule has 1 rings (SSSR count). The Labute approximate surface area is 85.2 Å². The minimum Gasteiger partial charge on any atom is -0.496 e. The van der Waals surface area contributed by atoms with Crippen LogP contribution in [0.4, 0.5) is 0 Å². The number of rotatable bonds is 4. The van der Waals surface area contributed by atoms with E-state index in [0.717, 1.165) is 11.3 Å². The summed E-state index contributed by atoms with van der Waals surface area (Å²) >= 11 is 0. The molecule has 0 N–H and O–H groups in total. The maximum absolute atomic E-state index is 5.29. The van der Waals surface area contributed by atoms with Gasteiger partial charge in [0.1, 0.15) is 5.76 Å². The summed E-state index contributed by atoms with van der Waals surface area (Å²) in [6, 6.07) is 9.98. The molecule has 0 spiro atoms. The lowest BCUT2D eigenvalue weighted by molar-refractivity contribution is 0.154. The molecule has 1 unspecified atom stereocenters. The van der Waals surface area contributed by atoms with Gasteiger partial charge in [0.25, 0.3) is 0 Å². The zero-order chi connectivity index (χ0) is 10.4. The molecule has 0 saturated carbocycles. The summed E-state index contributed by atoms with van der Waals surface area (Å²) in [5.41, 5.74) is 1.07. The smallest absolute Gasteiger partial charge is 0.124 e. The topological polar surface area (TPSA) is 18.5 Å². The van der Waals surface area contributed by atoms with Crippen molar-refractivity contribution in [1.29, 1.82) is 0 Å². The molecule has 0 fully saturated rings. The molecule has 0 amide bonds. The predicted octanol–water partition coefficient (Wildman–Crippen LogP) is 2.71. The molecule has 76 valence electrons. The summed E-state index contributed by atoms with van der Waals surface area (Å²) in [7, 11) is 3.35. The Balaban J connectivity index is 2.87. The SMILES string of the molecule is COC(=CC(C)OC)c1ccccc1. The van der Waals surface area contributed by atoms with E-state index in [1.807, 2.05) is 43.3 Å². The summed E-state index contributed by atoms with van der Waals surface area (Å²) in [5, 5.41) is 0. The molecule has 0 saturated heterocycles. The van der Waals surface area contributed by atoms with Gasteiger partial charge in [-0.15, -0.1) is 0 Å². The molecule has 0 aromatic heterocycles. The lowest BCUT2D eigenvalue weighted by Crippen LogP contribution is -2.02. The summed E-state index contributed by atoms with van der Waals surface area (Å²) in [4.78, 5) is 0. The summed E-state index contributed by atoms with van der Waals surface area (Å²) in [6.45, 7) is 1.97. The summed E-state index contributed by atoms with van der Waals surface area (Å²) in [5.74, 6) is 0.847. The van der Waals surface area contributed by atoms with Gasteiger partial charge >= 0.3 is 0 Å². The first-order valence-electron chi connectivity index (χ1n) is 4.62. The van der Waals surface area contributed by atoms with Crippen molar-refractivity contribution < 1.29 is 9.47 Å². The molecule has 1 aromatic rings. The van der Waals surface area contributed by atoms with Crippen molar-refractivity contribution in [3.05, 3.63) is 42.0 Å². The highest BCUT2D eigenvalue weighted by atomic mass is 16.5. The van der Waals surface area contributed by atoms with Gasteiger partial charge < -0.3 is 9.47 Å². The van der Waals surface area contributed by atoms with Gasteiger partial charge in [-0.3, -0.25) is 0 Å². The molecule has 0 aliphatic carbocycles. The Kier molecular flexibility index (Phi) is 4.20. The molecule has 1 atom stereocenters. The highest BCUT2D eigenvalue weighted by molar-refractivity contribution is 5.59. The molecule has 2 nitrogen and oxygen atoms in total. The van der Waals surface area contributed by atoms with Gasteiger partial charge in [0, 0.05) is 12.7 Å². The fourth-order valence-corrected chi connectivity index (χ4v) is 1.17.